The molecule has 1 aromatic rings. The van der Waals surface area contributed by atoms with E-state index in [-0.39, 0.29) is 12.4 Å². The first kappa shape index (κ1) is 12.6. The van der Waals surface area contributed by atoms with Crippen LogP contribution in [-0.4, -0.2) is 12.6 Å². The minimum Gasteiger partial charge on any atom is -0.466 e. The molecule has 0 amide bonds. The van der Waals surface area contributed by atoms with Gasteiger partial charge in [-0.2, -0.15) is 5.26 Å². The number of carbonyl (C=O) groups excluding carboxylic acids is 1. The first-order valence-electron chi connectivity index (χ1n) is 4.96. The Morgan fingerprint density at radius 1 is 1.56 bits per heavy atom. The normalized spacial score (nSPS) is 9.62. The average Bonchev–Trinajstić information content (AvgIpc) is 2.17. The number of ether oxygens (including phenoxy) is 1. The van der Waals surface area contributed by atoms with E-state index in [1.54, 1.807) is 13.0 Å². The fourth-order valence-corrected chi connectivity index (χ4v) is 1.86. The summed E-state index contributed by atoms with van der Waals surface area (Å²) in [6.45, 7) is 3.97. The Morgan fingerprint density at radius 2 is 2.25 bits per heavy atom. The van der Waals surface area contributed by atoms with Gasteiger partial charge in [0.15, 0.2) is 0 Å². The molecule has 0 unspecified atom stereocenters. The van der Waals surface area contributed by atoms with Crippen LogP contribution in [0.15, 0.2) is 17.0 Å². The van der Waals surface area contributed by atoms with E-state index in [0.29, 0.717) is 17.1 Å². The fraction of sp³-hybridized carbons (Fsp3) is 0.333. The second-order valence-corrected chi connectivity index (χ2v) is 3.88. The van der Waals surface area contributed by atoms with Gasteiger partial charge in [0.25, 0.3) is 0 Å². The van der Waals surface area contributed by atoms with Crippen LogP contribution in [0.5, 0.6) is 0 Å². The van der Waals surface area contributed by atoms with Crippen LogP contribution in [0.4, 0.5) is 0 Å². The van der Waals surface area contributed by atoms with Gasteiger partial charge in [-0.3, -0.25) is 4.79 Å². The third-order valence-electron chi connectivity index (χ3n) is 2.14. The smallest absolute Gasteiger partial charge is 0.310 e. The molecule has 4 heteroatoms. The van der Waals surface area contributed by atoms with Crippen LogP contribution in [-0.2, 0) is 16.0 Å². The SMILES string of the molecule is CCOC(=O)Cc1cc(C)c(C#N)c(S)c1. The van der Waals surface area contributed by atoms with Gasteiger partial charge in [-0.1, -0.05) is 6.07 Å². The predicted molar refractivity (Wildman–Crippen MR) is 63.5 cm³/mol. The van der Waals surface area contributed by atoms with Crippen LogP contribution >= 0.6 is 12.6 Å². The Morgan fingerprint density at radius 3 is 2.75 bits per heavy atom. The average molecular weight is 235 g/mol. The van der Waals surface area contributed by atoms with E-state index in [1.807, 2.05) is 13.0 Å². The summed E-state index contributed by atoms with van der Waals surface area (Å²) in [4.78, 5) is 11.9. The number of carbonyl (C=O) groups is 1. The quantitative estimate of drug-likeness (QED) is 0.646. The highest BCUT2D eigenvalue weighted by molar-refractivity contribution is 7.80. The van der Waals surface area contributed by atoms with Gasteiger partial charge in [-0.25, -0.2) is 0 Å². The zero-order valence-electron chi connectivity index (χ0n) is 9.28. The van der Waals surface area contributed by atoms with Crippen molar-refractivity contribution in [3.8, 4) is 6.07 Å². The molecule has 0 N–H and O–H groups in total. The zero-order chi connectivity index (χ0) is 12.1. The summed E-state index contributed by atoms with van der Waals surface area (Å²) >= 11 is 4.22. The number of hydrogen-bond donors (Lipinski definition) is 1. The van der Waals surface area contributed by atoms with E-state index in [2.05, 4.69) is 18.7 Å². The molecule has 1 rings (SSSR count). The molecule has 0 aliphatic rings. The van der Waals surface area contributed by atoms with E-state index < -0.39 is 0 Å². The van der Waals surface area contributed by atoms with Crippen LogP contribution in [0.1, 0.15) is 23.6 Å². The number of benzene rings is 1. The third-order valence-corrected chi connectivity index (χ3v) is 2.49. The number of nitriles is 1. The van der Waals surface area contributed by atoms with Crippen molar-refractivity contribution < 1.29 is 9.53 Å². The van der Waals surface area contributed by atoms with E-state index in [9.17, 15) is 4.79 Å². The van der Waals surface area contributed by atoms with Crippen molar-refractivity contribution >= 4 is 18.6 Å². The van der Waals surface area contributed by atoms with Gasteiger partial charge in [0, 0.05) is 4.90 Å². The largest absolute Gasteiger partial charge is 0.466 e. The van der Waals surface area contributed by atoms with Gasteiger partial charge < -0.3 is 4.74 Å². The molecule has 0 aliphatic carbocycles. The lowest BCUT2D eigenvalue weighted by Gasteiger charge is -2.06. The second-order valence-electron chi connectivity index (χ2n) is 3.40. The Balaban J connectivity index is 2.93. The molecule has 84 valence electrons. The highest BCUT2D eigenvalue weighted by Gasteiger charge is 2.08. The standard InChI is InChI=1S/C12H13NO2S/c1-3-15-12(14)6-9-4-8(2)10(7-13)11(16)5-9/h4-5,16H,3,6H2,1-2H3. The van der Waals surface area contributed by atoms with Crippen LogP contribution in [0.3, 0.4) is 0 Å². The highest BCUT2D eigenvalue weighted by atomic mass is 32.1. The summed E-state index contributed by atoms with van der Waals surface area (Å²) in [6.07, 6.45) is 0.216. The second kappa shape index (κ2) is 5.57. The predicted octanol–water partition coefficient (Wildman–Crippen LogP) is 2.26. The van der Waals surface area contributed by atoms with Crippen molar-refractivity contribution in [1.82, 2.24) is 0 Å². The maximum absolute atomic E-state index is 11.3. The van der Waals surface area contributed by atoms with Crippen molar-refractivity contribution in [2.75, 3.05) is 6.61 Å². The summed E-state index contributed by atoms with van der Waals surface area (Å²) < 4.78 is 4.85. The van der Waals surface area contributed by atoms with Crippen LogP contribution < -0.4 is 0 Å². The first-order chi connectivity index (χ1) is 7.58. The summed E-state index contributed by atoms with van der Waals surface area (Å²) in [5.41, 5.74) is 2.20. The Kier molecular flexibility index (Phi) is 4.39. The fourth-order valence-electron chi connectivity index (χ4n) is 1.47. The molecule has 0 aromatic heterocycles. The first-order valence-corrected chi connectivity index (χ1v) is 5.41. The summed E-state index contributed by atoms with van der Waals surface area (Å²) in [5, 5.41) is 8.87. The lowest BCUT2D eigenvalue weighted by Crippen LogP contribution is -2.08. The van der Waals surface area contributed by atoms with Crippen molar-refractivity contribution in [3.63, 3.8) is 0 Å². The van der Waals surface area contributed by atoms with Gasteiger partial charge in [-0.15, -0.1) is 12.6 Å². The van der Waals surface area contributed by atoms with E-state index >= 15 is 0 Å². The van der Waals surface area contributed by atoms with E-state index in [1.165, 1.54) is 0 Å². The molecular weight excluding hydrogens is 222 g/mol. The molecule has 0 atom stereocenters. The van der Waals surface area contributed by atoms with E-state index in [0.717, 1.165) is 11.1 Å². The monoisotopic (exact) mass is 235 g/mol. The lowest BCUT2D eigenvalue weighted by atomic mass is 10.0. The van der Waals surface area contributed by atoms with Crippen molar-refractivity contribution in [2.45, 2.75) is 25.2 Å². The number of esters is 1. The molecule has 16 heavy (non-hydrogen) atoms. The molecular formula is C12H13NO2S. The molecule has 0 aliphatic heterocycles. The Labute approximate surface area is 100 Å². The third kappa shape index (κ3) is 3.01. The number of aryl methyl sites for hydroxylation is 1. The topological polar surface area (TPSA) is 50.1 Å². The maximum atomic E-state index is 11.3. The molecule has 1 aromatic carbocycles. The molecule has 0 bridgehead atoms. The van der Waals surface area contributed by atoms with Gasteiger partial charge in [0.1, 0.15) is 6.07 Å². The summed E-state index contributed by atoms with van der Waals surface area (Å²) in [5.74, 6) is -0.264. The van der Waals surface area contributed by atoms with Gasteiger partial charge >= 0.3 is 5.97 Å². The Bertz CT molecular complexity index is 426. The summed E-state index contributed by atoms with van der Waals surface area (Å²) in [6, 6.07) is 5.62. The molecule has 3 nitrogen and oxygen atoms in total. The number of rotatable bonds is 3. The molecule has 0 fully saturated rings. The van der Waals surface area contributed by atoms with Gasteiger partial charge in [-0.05, 0) is 31.0 Å². The highest BCUT2D eigenvalue weighted by Crippen LogP contribution is 2.20. The summed E-state index contributed by atoms with van der Waals surface area (Å²) in [7, 11) is 0. The van der Waals surface area contributed by atoms with Crippen LogP contribution in [0.2, 0.25) is 0 Å². The van der Waals surface area contributed by atoms with Crippen molar-refractivity contribution in [2.24, 2.45) is 0 Å². The number of nitrogens with zero attached hydrogens (tertiary/aromatic N) is 1. The lowest BCUT2D eigenvalue weighted by molar-refractivity contribution is -0.142. The maximum Gasteiger partial charge on any atom is 0.310 e. The van der Waals surface area contributed by atoms with Gasteiger partial charge in [0.2, 0.25) is 0 Å². The van der Waals surface area contributed by atoms with Crippen molar-refractivity contribution in [1.29, 1.82) is 5.26 Å². The van der Waals surface area contributed by atoms with Crippen LogP contribution in [0.25, 0.3) is 0 Å². The molecule has 0 heterocycles. The zero-order valence-corrected chi connectivity index (χ0v) is 10.2. The number of thiol groups is 1. The van der Waals surface area contributed by atoms with Crippen molar-refractivity contribution in [3.05, 3.63) is 28.8 Å². The number of hydrogen-bond acceptors (Lipinski definition) is 4. The van der Waals surface area contributed by atoms with Gasteiger partial charge in [0.05, 0.1) is 18.6 Å². The minimum absolute atomic E-state index is 0.216. The Hall–Kier alpha value is -1.47. The molecule has 0 saturated heterocycles. The van der Waals surface area contributed by atoms with E-state index in [4.69, 9.17) is 10.00 Å². The minimum atomic E-state index is -0.264. The van der Waals surface area contributed by atoms with Crippen LogP contribution in [0, 0.1) is 18.3 Å². The molecule has 0 radical (unpaired) electrons. The molecule has 0 spiro atoms. The molecule has 0 saturated carbocycles.